The van der Waals surface area contributed by atoms with Crippen molar-refractivity contribution in [2.24, 2.45) is 0 Å². The average molecular weight is 306 g/mol. The molecule has 0 saturated heterocycles. The highest BCUT2D eigenvalue weighted by molar-refractivity contribution is 6.30. The van der Waals surface area contributed by atoms with Gasteiger partial charge in [-0.1, -0.05) is 31.5 Å². The Morgan fingerprint density at radius 3 is 2.43 bits per heavy atom. The van der Waals surface area contributed by atoms with Crippen LogP contribution in [0.2, 0.25) is 5.02 Å². The third kappa shape index (κ3) is 3.74. The van der Waals surface area contributed by atoms with E-state index in [1.54, 1.807) is 36.4 Å². The van der Waals surface area contributed by atoms with Gasteiger partial charge in [-0.2, -0.15) is 0 Å². The third-order valence-corrected chi connectivity index (χ3v) is 3.33. The molecule has 0 heterocycles. The summed E-state index contributed by atoms with van der Waals surface area (Å²) in [5.41, 5.74) is 3.76. The second-order valence-corrected chi connectivity index (χ2v) is 5.35. The lowest BCUT2D eigenvalue weighted by Gasteiger charge is -2.12. The molecule has 5 heteroatoms. The lowest BCUT2D eigenvalue weighted by Crippen LogP contribution is -2.10. The minimum Gasteiger partial charge on any atom is -0.421 e. The van der Waals surface area contributed by atoms with Gasteiger partial charge in [0.05, 0.1) is 5.56 Å². The molecule has 0 saturated carbocycles. The summed E-state index contributed by atoms with van der Waals surface area (Å²) in [6.45, 7) is 4.07. The zero-order chi connectivity index (χ0) is 15.4. The quantitative estimate of drug-likeness (QED) is 0.496. The van der Waals surface area contributed by atoms with Gasteiger partial charge in [-0.25, -0.2) is 4.79 Å². The van der Waals surface area contributed by atoms with Crippen LogP contribution < -0.4 is 10.2 Å². The number of hydrogen-bond acceptors (Lipinski definition) is 4. The van der Waals surface area contributed by atoms with E-state index in [1.807, 2.05) is 25.4 Å². The van der Waals surface area contributed by atoms with E-state index in [9.17, 15) is 4.79 Å². The topological polar surface area (TPSA) is 58.6 Å². The summed E-state index contributed by atoms with van der Waals surface area (Å²) < 4.78 is 5.35. The summed E-state index contributed by atoms with van der Waals surface area (Å²) in [5, 5.41) is 9.66. The zero-order valence-electron chi connectivity index (χ0n) is 11.8. The molecule has 2 rings (SSSR count). The molecule has 0 radical (unpaired) electrons. The molecule has 110 valence electrons. The Bertz CT molecular complexity index is 638. The second-order valence-electron chi connectivity index (χ2n) is 4.92. The smallest absolute Gasteiger partial charge is 0.343 e. The van der Waals surface area contributed by atoms with Gasteiger partial charge in [-0.3, -0.25) is 10.7 Å². The van der Waals surface area contributed by atoms with Crippen LogP contribution in [0.1, 0.15) is 35.7 Å². The number of benzene rings is 2. The molecular formula is C16H16ClNO3. The minimum atomic E-state index is -0.510. The Balaban J connectivity index is 2.27. The van der Waals surface area contributed by atoms with E-state index in [0.717, 1.165) is 5.56 Å². The second kappa shape index (κ2) is 6.61. The number of ether oxygens (including phenoxy) is 1. The molecule has 0 atom stereocenters. The van der Waals surface area contributed by atoms with Crippen molar-refractivity contribution in [1.29, 1.82) is 0 Å². The highest BCUT2D eigenvalue weighted by Gasteiger charge is 2.13. The van der Waals surface area contributed by atoms with Crippen molar-refractivity contribution >= 4 is 23.3 Å². The largest absolute Gasteiger partial charge is 0.421 e. The fourth-order valence-corrected chi connectivity index (χ4v) is 1.95. The molecule has 4 nitrogen and oxygen atoms in total. The maximum absolute atomic E-state index is 12.1. The Morgan fingerprint density at radius 1 is 1.19 bits per heavy atom. The van der Waals surface area contributed by atoms with Gasteiger partial charge in [0.25, 0.3) is 0 Å². The number of carbonyl (C=O) groups excluding carboxylic acids is 1. The molecule has 0 bridgehead atoms. The van der Waals surface area contributed by atoms with E-state index < -0.39 is 5.97 Å². The first kappa shape index (κ1) is 15.4. The van der Waals surface area contributed by atoms with E-state index in [-0.39, 0.29) is 11.7 Å². The number of halogens is 1. The lowest BCUT2D eigenvalue weighted by atomic mass is 10.0. The number of rotatable bonds is 4. The number of carbonyl (C=O) groups is 1. The maximum Gasteiger partial charge on any atom is 0.343 e. The zero-order valence-corrected chi connectivity index (χ0v) is 12.5. The molecule has 0 aliphatic heterocycles. The summed E-state index contributed by atoms with van der Waals surface area (Å²) in [5.74, 6) is 0.0541. The number of esters is 1. The summed E-state index contributed by atoms with van der Waals surface area (Å²) in [4.78, 5) is 12.1. The first-order valence-electron chi connectivity index (χ1n) is 6.53. The highest BCUT2D eigenvalue weighted by atomic mass is 35.5. The van der Waals surface area contributed by atoms with Crippen LogP contribution >= 0.6 is 11.6 Å². The van der Waals surface area contributed by atoms with Gasteiger partial charge in [0.1, 0.15) is 5.69 Å². The third-order valence-electron chi connectivity index (χ3n) is 3.08. The van der Waals surface area contributed by atoms with Crippen LogP contribution in [0, 0.1) is 0 Å². The summed E-state index contributed by atoms with van der Waals surface area (Å²) in [6, 6.07) is 11.7. The monoisotopic (exact) mass is 305 g/mol. The normalized spacial score (nSPS) is 10.5. The van der Waals surface area contributed by atoms with E-state index in [0.29, 0.717) is 16.3 Å². The predicted octanol–water partition coefficient (Wildman–Crippen LogP) is 4.48. The number of hydrogen-bond donors (Lipinski definition) is 2. The summed E-state index contributed by atoms with van der Waals surface area (Å²) in [7, 11) is 0. The molecule has 2 aromatic carbocycles. The molecule has 0 unspecified atom stereocenters. The fraction of sp³-hybridized carbons (Fsp3) is 0.188. The van der Waals surface area contributed by atoms with Crippen LogP contribution in [0.4, 0.5) is 5.69 Å². The molecule has 21 heavy (non-hydrogen) atoms. The van der Waals surface area contributed by atoms with E-state index in [4.69, 9.17) is 21.5 Å². The SMILES string of the molecule is CC(C)c1ccc(NO)c(OC(=O)c2ccc(Cl)cc2)c1. The van der Waals surface area contributed by atoms with Gasteiger partial charge in [0, 0.05) is 5.02 Å². The van der Waals surface area contributed by atoms with Crippen LogP contribution in [-0.2, 0) is 0 Å². The van der Waals surface area contributed by atoms with Crippen molar-refractivity contribution < 1.29 is 14.7 Å². The van der Waals surface area contributed by atoms with E-state index in [2.05, 4.69) is 0 Å². The van der Waals surface area contributed by atoms with Gasteiger partial charge >= 0.3 is 5.97 Å². The van der Waals surface area contributed by atoms with Gasteiger partial charge in [0.15, 0.2) is 5.75 Å². The van der Waals surface area contributed by atoms with Crippen molar-refractivity contribution in [2.45, 2.75) is 19.8 Å². The first-order chi connectivity index (χ1) is 10.0. The van der Waals surface area contributed by atoms with Gasteiger partial charge in [0.2, 0.25) is 0 Å². The Labute approximate surface area is 128 Å². The molecule has 0 amide bonds. The molecule has 0 aliphatic carbocycles. The summed E-state index contributed by atoms with van der Waals surface area (Å²) >= 11 is 5.78. The fourth-order valence-electron chi connectivity index (χ4n) is 1.82. The molecular weight excluding hydrogens is 290 g/mol. The average Bonchev–Trinajstić information content (AvgIpc) is 2.47. The van der Waals surface area contributed by atoms with Crippen molar-refractivity contribution in [3.05, 3.63) is 58.6 Å². The Hall–Kier alpha value is -2.04. The molecule has 0 aliphatic rings. The van der Waals surface area contributed by atoms with Gasteiger partial charge in [-0.15, -0.1) is 0 Å². The Kier molecular flexibility index (Phi) is 4.83. The van der Waals surface area contributed by atoms with Crippen molar-refractivity contribution in [3.8, 4) is 5.75 Å². The molecule has 0 spiro atoms. The highest BCUT2D eigenvalue weighted by Crippen LogP contribution is 2.29. The maximum atomic E-state index is 12.1. The molecule has 2 N–H and O–H groups in total. The summed E-state index contributed by atoms with van der Waals surface area (Å²) in [6.07, 6.45) is 0. The Morgan fingerprint density at radius 2 is 1.86 bits per heavy atom. The van der Waals surface area contributed by atoms with Crippen LogP contribution in [-0.4, -0.2) is 11.2 Å². The standard InChI is InChI=1S/C16H16ClNO3/c1-10(2)12-5-8-14(18-20)15(9-12)21-16(19)11-3-6-13(17)7-4-11/h3-10,18,20H,1-2H3. The molecule has 0 fully saturated rings. The van der Waals surface area contributed by atoms with Gasteiger partial charge in [-0.05, 0) is 47.9 Å². The minimum absolute atomic E-state index is 0.281. The number of nitrogens with one attached hydrogen (secondary N) is 1. The molecule has 0 aromatic heterocycles. The van der Waals surface area contributed by atoms with Crippen LogP contribution in [0.5, 0.6) is 5.75 Å². The number of anilines is 1. The van der Waals surface area contributed by atoms with Crippen LogP contribution in [0.15, 0.2) is 42.5 Å². The lowest BCUT2D eigenvalue weighted by molar-refractivity contribution is 0.0735. The van der Waals surface area contributed by atoms with E-state index in [1.165, 1.54) is 0 Å². The van der Waals surface area contributed by atoms with Crippen LogP contribution in [0.25, 0.3) is 0 Å². The van der Waals surface area contributed by atoms with E-state index >= 15 is 0 Å². The van der Waals surface area contributed by atoms with Crippen molar-refractivity contribution in [2.75, 3.05) is 5.48 Å². The van der Waals surface area contributed by atoms with Gasteiger partial charge < -0.3 is 4.74 Å². The van der Waals surface area contributed by atoms with Crippen LogP contribution in [0.3, 0.4) is 0 Å². The first-order valence-corrected chi connectivity index (χ1v) is 6.91. The van der Waals surface area contributed by atoms with Crippen molar-refractivity contribution in [3.63, 3.8) is 0 Å². The predicted molar refractivity (Wildman–Crippen MR) is 82.4 cm³/mol. The van der Waals surface area contributed by atoms with Crippen molar-refractivity contribution in [1.82, 2.24) is 0 Å². The molecule has 2 aromatic rings.